The summed E-state index contributed by atoms with van der Waals surface area (Å²) in [6.45, 7) is 8.00. The van der Waals surface area contributed by atoms with Gasteiger partial charge in [0.05, 0.1) is 18.8 Å². The van der Waals surface area contributed by atoms with Crippen molar-refractivity contribution in [2.24, 2.45) is 0 Å². The first-order chi connectivity index (χ1) is 8.31. The Hall–Kier alpha value is -1.10. The van der Waals surface area contributed by atoms with Crippen LogP contribution in [0, 0.1) is 0 Å². The fourth-order valence-electron chi connectivity index (χ4n) is 1.57. The highest BCUT2D eigenvalue weighted by molar-refractivity contribution is 5.87. The molecule has 0 aromatic rings. The molecule has 1 unspecified atom stereocenters. The van der Waals surface area contributed by atoms with Gasteiger partial charge in [-0.25, -0.2) is 4.79 Å². The smallest absolute Gasteiger partial charge is 0.408 e. The number of ketones is 1. The van der Waals surface area contributed by atoms with Gasteiger partial charge in [0.2, 0.25) is 0 Å². The summed E-state index contributed by atoms with van der Waals surface area (Å²) in [4.78, 5) is 23.5. The lowest BCUT2D eigenvalue weighted by Crippen LogP contribution is -2.43. The summed E-state index contributed by atoms with van der Waals surface area (Å²) in [5, 5.41) is 2.62. The molecule has 0 spiro atoms. The number of carbonyl (C=O) groups excluding carboxylic acids is 2. The topological polar surface area (TPSA) is 67.9 Å². The summed E-state index contributed by atoms with van der Waals surface area (Å²) in [6, 6.07) is -0.460. The monoisotopic (exact) mass is 257 g/mol. The van der Waals surface area contributed by atoms with Gasteiger partial charge in [-0.1, -0.05) is 6.92 Å². The largest absolute Gasteiger partial charge is 0.444 e. The fraction of sp³-hybridized carbons (Fsp3) is 0.846. The molecule has 1 N–H and O–H groups in total. The Labute approximate surface area is 108 Å². The second kappa shape index (κ2) is 6.18. The van der Waals surface area contributed by atoms with Gasteiger partial charge in [0, 0.05) is 6.42 Å². The van der Waals surface area contributed by atoms with Crippen molar-refractivity contribution < 1.29 is 19.1 Å². The van der Waals surface area contributed by atoms with Gasteiger partial charge in [-0.15, -0.1) is 0 Å². The minimum Gasteiger partial charge on any atom is -0.444 e. The van der Waals surface area contributed by atoms with Crippen molar-refractivity contribution in [2.45, 2.75) is 64.7 Å². The predicted octanol–water partition coefficient (Wildman–Crippen LogP) is 2.04. The Balaban J connectivity index is 2.34. The molecular formula is C13H23NO4. The van der Waals surface area contributed by atoms with E-state index < -0.39 is 17.7 Å². The summed E-state index contributed by atoms with van der Waals surface area (Å²) in [5.41, 5.74) is -0.548. The molecule has 18 heavy (non-hydrogen) atoms. The number of rotatable bonds is 6. The minimum absolute atomic E-state index is 0.0406. The van der Waals surface area contributed by atoms with E-state index in [2.05, 4.69) is 5.32 Å². The maximum Gasteiger partial charge on any atom is 0.408 e. The molecule has 1 aliphatic heterocycles. The zero-order chi connectivity index (χ0) is 13.8. The van der Waals surface area contributed by atoms with Gasteiger partial charge in [0.15, 0.2) is 5.78 Å². The van der Waals surface area contributed by atoms with Crippen LogP contribution in [0.4, 0.5) is 4.79 Å². The van der Waals surface area contributed by atoms with E-state index in [0.717, 1.165) is 13.0 Å². The average molecular weight is 257 g/mol. The maximum atomic E-state index is 11.9. The van der Waals surface area contributed by atoms with Crippen LogP contribution in [0.1, 0.15) is 47.0 Å². The highest BCUT2D eigenvalue weighted by Crippen LogP contribution is 2.16. The van der Waals surface area contributed by atoms with Crippen LogP contribution < -0.4 is 5.32 Å². The second-order valence-electron chi connectivity index (χ2n) is 5.57. The van der Waals surface area contributed by atoms with Gasteiger partial charge < -0.3 is 14.8 Å². The molecule has 1 saturated heterocycles. The number of epoxide rings is 1. The number of Topliss-reactive ketones (excluding diaryl/α,β-unsaturated/α-hetero) is 1. The van der Waals surface area contributed by atoms with E-state index in [9.17, 15) is 9.59 Å². The first-order valence-corrected chi connectivity index (χ1v) is 6.45. The number of hydrogen-bond donors (Lipinski definition) is 1. The third-order valence-corrected chi connectivity index (χ3v) is 2.60. The first kappa shape index (κ1) is 15.0. The number of carbonyl (C=O) groups is 2. The van der Waals surface area contributed by atoms with Crippen molar-refractivity contribution >= 4 is 11.9 Å². The molecule has 1 rings (SSSR count). The highest BCUT2D eigenvalue weighted by atomic mass is 16.6. The molecule has 0 aromatic heterocycles. The quantitative estimate of drug-likeness (QED) is 0.739. The zero-order valence-electron chi connectivity index (χ0n) is 11.6. The van der Waals surface area contributed by atoms with E-state index >= 15 is 0 Å². The SMILES string of the molecule is CC[C@H](NC(=O)OC(C)(C)C)C(=O)CCC1CO1. The lowest BCUT2D eigenvalue weighted by molar-refractivity contribution is -0.121. The summed E-state index contributed by atoms with van der Waals surface area (Å²) in [7, 11) is 0. The second-order valence-corrected chi connectivity index (χ2v) is 5.57. The predicted molar refractivity (Wildman–Crippen MR) is 67.4 cm³/mol. The Morgan fingerprint density at radius 1 is 1.44 bits per heavy atom. The molecule has 104 valence electrons. The molecule has 0 saturated carbocycles. The Bertz CT molecular complexity index is 305. The first-order valence-electron chi connectivity index (χ1n) is 6.45. The van der Waals surface area contributed by atoms with E-state index in [1.165, 1.54) is 0 Å². The normalized spacial score (nSPS) is 20.1. The van der Waals surface area contributed by atoms with Gasteiger partial charge in [-0.3, -0.25) is 4.79 Å². The third-order valence-electron chi connectivity index (χ3n) is 2.60. The van der Waals surface area contributed by atoms with Crippen LogP contribution in [0.15, 0.2) is 0 Å². The van der Waals surface area contributed by atoms with Gasteiger partial charge in [0.25, 0.3) is 0 Å². The molecule has 0 aromatic carbocycles. The van der Waals surface area contributed by atoms with Crippen LogP contribution in [0.5, 0.6) is 0 Å². The van der Waals surface area contributed by atoms with Gasteiger partial charge >= 0.3 is 6.09 Å². The molecule has 1 aliphatic rings. The summed E-state index contributed by atoms with van der Waals surface area (Å²) in [5.74, 6) is 0.0406. The van der Waals surface area contributed by atoms with Crippen LogP contribution in [0.25, 0.3) is 0 Å². The van der Waals surface area contributed by atoms with Crippen LogP contribution >= 0.6 is 0 Å². The maximum absolute atomic E-state index is 11.9. The molecule has 0 bridgehead atoms. The van der Waals surface area contributed by atoms with Gasteiger partial charge in [-0.05, 0) is 33.6 Å². The molecule has 2 atom stereocenters. The van der Waals surface area contributed by atoms with E-state index in [1.807, 2.05) is 6.92 Å². The van der Waals surface area contributed by atoms with Gasteiger partial charge in [-0.2, -0.15) is 0 Å². The van der Waals surface area contributed by atoms with E-state index in [-0.39, 0.29) is 11.9 Å². The molecule has 5 nitrogen and oxygen atoms in total. The molecule has 0 radical (unpaired) electrons. The van der Waals surface area contributed by atoms with Crippen LogP contribution in [0.2, 0.25) is 0 Å². The van der Waals surface area contributed by atoms with Crippen LogP contribution in [-0.2, 0) is 14.3 Å². The standard InChI is InChI=1S/C13H23NO4/c1-5-10(11(15)7-6-9-8-17-9)14-12(16)18-13(2,3)4/h9-10H,5-8H2,1-4H3,(H,14,16)/t9?,10-/m0/s1. The van der Waals surface area contributed by atoms with Crippen LogP contribution in [0.3, 0.4) is 0 Å². The molecule has 5 heteroatoms. The van der Waals surface area contributed by atoms with Gasteiger partial charge in [0.1, 0.15) is 5.60 Å². The van der Waals surface area contributed by atoms with Crippen molar-refractivity contribution in [1.82, 2.24) is 5.32 Å². The number of ether oxygens (including phenoxy) is 2. The summed E-state index contributed by atoms with van der Waals surface area (Å²) < 4.78 is 10.2. The molecule has 1 amide bonds. The summed E-state index contributed by atoms with van der Waals surface area (Å²) in [6.07, 6.45) is 1.46. The number of alkyl carbamates (subject to hydrolysis) is 1. The minimum atomic E-state index is -0.548. The Kier molecular flexibility index (Phi) is 5.14. The molecule has 1 heterocycles. The van der Waals surface area contributed by atoms with Crippen molar-refractivity contribution in [1.29, 1.82) is 0 Å². The zero-order valence-corrected chi connectivity index (χ0v) is 11.6. The van der Waals surface area contributed by atoms with E-state index in [0.29, 0.717) is 12.8 Å². The Morgan fingerprint density at radius 3 is 2.50 bits per heavy atom. The number of amides is 1. The fourth-order valence-corrected chi connectivity index (χ4v) is 1.57. The molecular weight excluding hydrogens is 234 g/mol. The van der Waals surface area contributed by atoms with E-state index in [4.69, 9.17) is 9.47 Å². The van der Waals surface area contributed by atoms with Crippen molar-refractivity contribution in [3.05, 3.63) is 0 Å². The lowest BCUT2D eigenvalue weighted by atomic mass is 10.0. The van der Waals surface area contributed by atoms with E-state index in [1.54, 1.807) is 20.8 Å². The molecule has 1 fully saturated rings. The molecule has 0 aliphatic carbocycles. The Morgan fingerprint density at radius 2 is 2.06 bits per heavy atom. The number of hydrogen-bond acceptors (Lipinski definition) is 4. The van der Waals surface area contributed by atoms with Crippen LogP contribution in [-0.4, -0.2) is 36.2 Å². The summed E-state index contributed by atoms with van der Waals surface area (Å²) >= 11 is 0. The lowest BCUT2D eigenvalue weighted by Gasteiger charge is -2.22. The highest BCUT2D eigenvalue weighted by Gasteiger charge is 2.26. The van der Waals surface area contributed by atoms with Crippen molar-refractivity contribution in [3.63, 3.8) is 0 Å². The van der Waals surface area contributed by atoms with Crippen molar-refractivity contribution in [3.8, 4) is 0 Å². The van der Waals surface area contributed by atoms with Crippen molar-refractivity contribution in [2.75, 3.05) is 6.61 Å². The average Bonchev–Trinajstić information content (AvgIpc) is 3.03. The third kappa shape index (κ3) is 6.00. The number of nitrogens with one attached hydrogen (secondary N) is 1.